The van der Waals surface area contributed by atoms with Crippen molar-refractivity contribution in [2.75, 3.05) is 5.75 Å². The highest BCUT2D eigenvalue weighted by atomic mass is 35.5. The lowest BCUT2D eigenvalue weighted by atomic mass is 10.2. The van der Waals surface area contributed by atoms with E-state index in [0.29, 0.717) is 0 Å². The maximum absolute atomic E-state index is 11.0. The molecule has 0 saturated carbocycles. The second-order valence-corrected chi connectivity index (χ2v) is 5.48. The molecular formula is C14H12ClNO2S. The Kier molecular flexibility index (Phi) is 4.82. The molecule has 0 amide bonds. The summed E-state index contributed by atoms with van der Waals surface area (Å²) in [6, 6.07) is 9.03. The van der Waals surface area contributed by atoms with Crippen molar-refractivity contribution in [1.82, 2.24) is 4.98 Å². The molecule has 0 atom stereocenters. The highest BCUT2D eigenvalue weighted by Crippen LogP contribution is 2.25. The van der Waals surface area contributed by atoms with Gasteiger partial charge in [0.05, 0.1) is 10.6 Å². The first-order valence-electron chi connectivity index (χ1n) is 5.71. The lowest BCUT2D eigenvalue weighted by molar-refractivity contribution is 0.0697. The highest BCUT2D eigenvalue weighted by molar-refractivity contribution is 7.99. The molecule has 2 aromatic rings. The number of thioether (sulfide) groups is 1. The van der Waals surface area contributed by atoms with Gasteiger partial charge in [-0.3, -0.25) is 4.98 Å². The molecule has 1 heterocycles. The third kappa shape index (κ3) is 3.98. The predicted molar refractivity (Wildman–Crippen MR) is 77.1 cm³/mol. The number of aromatic nitrogens is 1. The van der Waals surface area contributed by atoms with Crippen molar-refractivity contribution in [2.24, 2.45) is 0 Å². The maximum atomic E-state index is 11.0. The summed E-state index contributed by atoms with van der Waals surface area (Å²) in [7, 11) is 0. The SMILES string of the molecule is O=C(O)c1cc(SCCc2ccncc2)ccc1Cl. The number of halogens is 1. The fourth-order valence-corrected chi connectivity index (χ4v) is 2.73. The molecule has 0 aliphatic rings. The Morgan fingerprint density at radius 1 is 1.26 bits per heavy atom. The second kappa shape index (κ2) is 6.59. The zero-order valence-electron chi connectivity index (χ0n) is 10.0. The number of aromatic carboxylic acids is 1. The van der Waals surface area contributed by atoms with E-state index < -0.39 is 5.97 Å². The average molecular weight is 294 g/mol. The number of rotatable bonds is 5. The van der Waals surface area contributed by atoms with Gasteiger partial charge < -0.3 is 5.11 Å². The second-order valence-electron chi connectivity index (χ2n) is 3.90. The van der Waals surface area contributed by atoms with Crippen LogP contribution in [0.4, 0.5) is 0 Å². The Balaban J connectivity index is 1.97. The summed E-state index contributed by atoms with van der Waals surface area (Å²) in [5.74, 6) is -0.119. The predicted octanol–water partition coefficient (Wildman–Crippen LogP) is 3.77. The van der Waals surface area contributed by atoms with Crippen molar-refractivity contribution < 1.29 is 9.90 Å². The van der Waals surface area contributed by atoms with Crippen LogP contribution in [0.25, 0.3) is 0 Å². The van der Waals surface area contributed by atoms with Crippen LogP contribution >= 0.6 is 23.4 Å². The van der Waals surface area contributed by atoms with E-state index in [2.05, 4.69) is 4.98 Å². The van der Waals surface area contributed by atoms with Crippen molar-refractivity contribution in [3.63, 3.8) is 0 Å². The minimum atomic E-state index is -0.999. The van der Waals surface area contributed by atoms with E-state index in [-0.39, 0.29) is 10.6 Å². The molecule has 1 N–H and O–H groups in total. The number of hydrogen-bond acceptors (Lipinski definition) is 3. The number of benzene rings is 1. The van der Waals surface area contributed by atoms with Crippen LogP contribution in [0.1, 0.15) is 15.9 Å². The molecular weight excluding hydrogens is 282 g/mol. The molecule has 2 rings (SSSR count). The smallest absolute Gasteiger partial charge is 0.337 e. The van der Waals surface area contributed by atoms with E-state index in [1.807, 2.05) is 18.2 Å². The van der Waals surface area contributed by atoms with Crippen molar-refractivity contribution in [1.29, 1.82) is 0 Å². The van der Waals surface area contributed by atoms with Gasteiger partial charge >= 0.3 is 5.97 Å². The lowest BCUT2D eigenvalue weighted by Gasteiger charge is -2.04. The summed E-state index contributed by atoms with van der Waals surface area (Å²) >= 11 is 7.44. The average Bonchev–Trinajstić information content (AvgIpc) is 2.41. The van der Waals surface area contributed by atoms with Crippen LogP contribution < -0.4 is 0 Å². The van der Waals surface area contributed by atoms with Crippen molar-refractivity contribution in [3.05, 3.63) is 58.9 Å². The molecule has 0 fully saturated rings. The summed E-state index contributed by atoms with van der Waals surface area (Å²) in [6.07, 6.45) is 4.45. The maximum Gasteiger partial charge on any atom is 0.337 e. The van der Waals surface area contributed by atoms with Crippen LogP contribution in [0.5, 0.6) is 0 Å². The molecule has 0 radical (unpaired) electrons. The Labute approximate surface area is 120 Å². The molecule has 5 heteroatoms. The van der Waals surface area contributed by atoms with Gasteiger partial charge in [0.25, 0.3) is 0 Å². The number of hydrogen-bond donors (Lipinski definition) is 1. The van der Waals surface area contributed by atoms with E-state index >= 15 is 0 Å². The van der Waals surface area contributed by atoms with Crippen LogP contribution in [-0.2, 0) is 6.42 Å². The van der Waals surface area contributed by atoms with Crippen molar-refractivity contribution in [3.8, 4) is 0 Å². The molecule has 19 heavy (non-hydrogen) atoms. The van der Waals surface area contributed by atoms with Gasteiger partial charge in [-0.25, -0.2) is 4.79 Å². The summed E-state index contributed by atoms with van der Waals surface area (Å²) in [5, 5.41) is 9.26. The minimum Gasteiger partial charge on any atom is -0.478 e. The number of aryl methyl sites for hydroxylation is 1. The molecule has 0 bridgehead atoms. The van der Waals surface area contributed by atoms with Gasteiger partial charge in [-0.1, -0.05) is 11.6 Å². The third-order valence-electron chi connectivity index (χ3n) is 2.58. The van der Waals surface area contributed by atoms with Gasteiger partial charge in [-0.05, 0) is 42.3 Å². The molecule has 1 aromatic carbocycles. The van der Waals surface area contributed by atoms with Gasteiger partial charge in [0.2, 0.25) is 0 Å². The minimum absolute atomic E-state index is 0.149. The Morgan fingerprint density at radius 2 is 2.00 bits per heavy atom. The van der Waals surface area contributed by atoms with E-state index in [4.69, 9.17) is 16.7 Å². The number of carbonyl (C=O) groups is 1. The highest BCUT2D eigenvalue weighted by Gasteiger charge is 2.09. The molecule has 0 unspecified atom stereocenters. The standard InChI is InChI=1S/C14H12ClNO2S/c15-13-2-1-11(9-12(13)14(17)18)19-8-5-10-3-6-16-7-4-10/h1-4,6-7,9H,5,8H2,(H,17,18). The Hall–Kier alpha value is -1.52. The van der Waals surface area contributed by atoms with Crippen LogP contribution in [0.15, 0.2) is 47.6 Å². The first kappa shape index (κ1) is 13.9. The fraction of sp³-hybridized carbons (Fsp3) is 0.143. The Bertz CT molecular complexity index is 575. The molecule has 0 spiro atoms. The van der Waals surface area contributed by atoms with Gasteiger partial charge in [0, 0.05) is 23.0 Å². The summed E-state index contributed by atoms with van der Waals surface area (Å²) in [4.78, 5) is 15.8. The van der Waals surface area contributed by atoms with Crippen LogP contribution in [0.2, 0.25) is 5.02 Å². The van der Waals surface area contributed by atoms with Gasteiger partial charge in [0.1, 0.15) is 0 Å². The van der Waals surface area contributed by atoms with E-state index in [0.717, 1.165) is 17.1 Å². The molecule has 0 aliphatic carbocycles. The molecule has 3 nitrogen and oxygen atoms in total. The van der Waals surface area contributed by atoms with E-state index in [1.54, 1.807) is 36.3 Å². The zero-order valence-corrected chi connectivity index (χ0v) is 11.6. The number of pyridine rings is 1. The largest absolute Gasteiger partial charge is 0.478 e. The molecule has 0 aliphatic heterocycles. The normalized spacial score (nSPS) is 10.4. The summed E-state index contributed by atoms with van der Waals surface area (Å²) < 4.78 is 0. The van der Waals surface area contributed by atoms with Crippen LogP contribution in [0.3, 0.4) is 0 Å². The van der Waals surface area contributed by atoms with Gasteiger partial charge in [-0.15, -0.1) is 11.8 Å². The quantitative estimate of drug-likeness (QED) is 0.853. The number of carboxylic acid groups (broad SMARTS) is 1. The summed E-state index contributed by atoms with van der Waals surface area (Å²) in [6.45, 7) is 0. The lowest BCUT2D eigenvalue weighted by Crippen LogP contribution is -1.97. The fourth-order valence-electron chi connectivity index (χ4n) is 1.59. The van der Waals surface area contributed by atoms with Crippen molar-refractivity contribution >= 4 is 29.3 Å². The third-order valence-corrected chi connectivity index (χ3v) is 3.90. The number of nitrogens with zero attached hydrogens (tertiary/aromatic N) is 1. The number of carboxylic acids is 1. The molecule has 1 aromatic heterocycles. The van der Waals surface area contributed by atoms with E-state index in [9.17, 15) is 4.79 Å². The monoisotopic (exact) mass is 293 g/mol. The first-order valence-corrected chi connectivity index (χ1v) is 7.08. The van der Waals surface area contributed by atoms with Crippen molar-refractivity contribution in [2.45, 2.75) is 11.3 Å². The van der Waals surface area contributed by atoms with E-state index in [1.165, 1.54) is 5.56 Å². The van der Waals surface area contributed by atoms with Crippen LogP contribution in [0, 0.1) is 0 Å². The molecule has 0 saturated heterocycles. The summed E-state index contributed by atoms with van der Waals surface area (Å²) in [5.41, 5.74) is 1.37. The topological polar surface area (TPSA) is 50.2 Å². The zero-order chi connectivity index (χ0) is 13.7. The first-order chi connectivity index (χ1) is 9.16. The molecule has 98 valence electrons. The van der Waals surface area contributed by atoms with Gasteiger partial charge in [-0.2, -0.15) is 0 Å². The van der Waals surface area contributed by atoms with Crippen LogP contribution in [-0.4, -0.2) is 21.8 Å². The van der Waals surface area contributed by atoms with Gasteiger partial charge in [0.15, 0.2) is 0 Å². The Morgan fingerprint density at radius 3 is 2.68 bits per heavy atom.